The summed E-state index contributed by atoms with van der Waals surface area (Å²) in [6.07, 6.45) is 1.88. The van der Waals surface area contributed by atoms with Crippen molar-refractivity contribution in [3.05, 3.63) is 82.9 Å². The maximum atomic E-state index is 9.41. The van der Waals surface area contributed by atoms with Crippen LogP contribution in [0.5, 0.6) is 0 Å². The van der Waals surface area contributed by atoms with Crippen LogP contribution < -0.4 is 15.5 Å². The Morgan fingerprint density at radius 3 is 2.20 bits per heavy atom. The summed E-state index contributed by atoms with van der Waals surface area (Å²) in [4.78, 5) is 18.8. The second-order valence-corrected chi connectivity index (χ2v) is 6.24. The van der Waals surface area contributed by atoms with E-state index in [9.17, 15) is 19.8 Å². The van der Waals surface area contributed by atoms with Crippen LogP contribution in [-0.4, -0.2) is 11.9 Å². The molecule has 2 heterocycles. The van der Waals surface area contributed by atoms with E-state index >= 15 is 0 Å². The number of rotatable bonds is 2. The number of carbonyl (C=O) groups excluding carboxylic acids is 2. The summed E-state index contributed by atoms with van der Waals surface area (Å²) in [5.74, 6) is -3.09. The lowest BCUT2D eigenvalue weighted by molar-refractivity contribution is -0.301. The lowest BCUT2D eigenvalue weighted by atomic mass is 9.82. The zero-order valence-corrected chi connectivity index (χ0v) is 13.7. The van der Waals surface area contributed by atoms with Gasteiger partial charge in [0.15, 0.2) is 0 Å². The quantitative estimate of drug-likeness (QED) is 0.791. The predicted molar refractivity (Wildman–Crippen MR) is 88.1 cm³/mol. The minimum absolute atomic E-state index is 0.0100. The van der Waals surface area contributed by atoms with E-state index in [2.05, 4.69) is 60.8 Å². The molecule has 4 rings (SSSR count). The van der Waals surface area contributed by atoms with Gasteiger partial charge in [-0.3, -0.25) is 5.32 Å². The van der Waals surface area contributed by atoms with Crippen molar-refractivity contribution in [3.63, 3.8) is 0 Å². The van der Waals surface area contributed by atoms with Crippen molar-refractivity contribution in [1.29, 1.82) is 0 Å². The Labute approximate surface area is 145 Å². The van der Waals surface area contributed by atoms with Gasteiger partial charge in [0.2, 0.25) is 0 Å². The van der Waals surface area contributed by atoms with Gasteiger partial charge in [0, 0.05) is 6.04 Å². The number of fused-ring (bicyclic) bond motifs is 7. The Morgan fingerprint density at radius 2 is 1.56 bits per heavy atom. The molecule has 0 saturated carbocycles. The Hall–Kier alpha value is -2.92. The van der Waals surface area contributed by atoms with Gasteiger partial charge in [0.25, 0.3) is 0 Å². The van der Waals surface area contributed by atoms with Crippen LogP contribution in [0.1, 0.15) is 35.2 Å². The number of hydrogen-bond acceptors (Lipinski definition) is 5. The average molecular weight is 335 g/mol. The molecule has 2 aliphatic heterocycles. The van der Waals surface area contributed by atoms with Gasteiger partial charge in [-0.2, -0.15) is 0 Å². The number of nitrogens with one attached hydrogen (secondary N) is 1. The number of carboxylic acids is 2. The Kier molecular flexibility index (Phi) is 4.42. The molecular weight excluding hydrogens is 318 g/mol. The van der Waals surface area contributed by atoms with Gasteiger partial charge in [0.05, 0.1) is 17.5 Å². The summed E-state index contributed by atoms with van der Waals surface area (Å²) in [6, 6.07) is 18.2. The molecule has 0 aliphatic carbocycles. The smallest absolute Gasteiger partial charge is 0.0672 e. The minimum atomic E-state index is -1.55. The number of carbonyl (C=O) groups is 2. The van der Waals surface area contributed by atoms with Gasteiger partial charge in [-0.25, -0.2) is 0 Å². The van der Waals surface area contributed by atoms with Gasteiger partial charge in [-0.15, -0.1) is 0 Å². The van der Waals surface area contributed by atoms with E-state index in [1.165, 1.54) is 22.3 Å². The summed E-state index contributed by atoms with van der Waals surface area (Å²) >= 11 is 0. The normalized spacial score (nSPS) is 22.5. The monoisotopic (exact) mass is 335 g/mol. The highest BCUT2D eigenvalue weighted by Crippen LogP contribution is 2.47. The van der Waals surface area contributed by atoms with Crippen molar-refractivity contribution in [1.82, 2.24) is 5.32 Å². The molecule has 2 aliphatic rings. The lowest BCUT2D eigenvalue weighted by Gasteiger charge is -2.34. The molecule has 1 N–H and O–H groups in total. The minimum Gasteiger partial charge on any atom is -0.545 e. The zero-order chi connectivity index (χ0) is 18.0. The first-order chi connectivity index (χ1) is 11.9. The van der Waals surface area contributed by atoms with E-state index in [4.69, 9.17) is 0 Å². The Bertz CT molecular complexity index is 829. The first-order valence-corrected chi connectivity index (χ1v) is 7.97. The van der Waals surface area contributed by atoms with E-state index in [1.54, 1.807) is 0 Å². The summed E-state index contributed by atoms with van der Waals surface area (Å²) in [5.41, 5.74) is 5.88. The van der Waals surface area contributed by atoms with Crippen LogP contribution in [0.15, 0.2) is 60.7 Å². The number of carboxylic acid groups (broad SMARTS) is 2. The van der Waals surface area contributed by atoms with Gasteiger partial charge < -0.3 is 19.8 Å². The van der Waals surface area contributed by atoms with Crippen LogP contribution in [0, 0.1) is 0 Å². The fourth-order valence-corrected chi connectivity index (χ4v) is 3.69. The first kappa shape index (κ1) is 16.9. The third-order valence-corrected chi connectivity index (χ3v) is 4.67. The van der Waals surface area contributed by atoms with Crippen LogP contribution in [0.4, 0.5) is 0 Å². The molecule has 0 fully saturated rings. The maximum absolute atomic E-state index is 9.41. The molecule has 128 valence electrons. The van der Waals surface area contributed by atoms with Gasteiger partial charge in [-0.05, 0) is 47.8 Å². The molecule has 0 amide bonds. The highest BCUT2D eigenvalue weighted by atomic mass is 16.4. The molecule has 0 aromatic heterocycles. The Morgan fingerprint density at radius 1 is 1.00 bits per heavy atom. The van der Waals surface area contributed by atoms with E-state index in [-0.39, 0.29) is 5.54 Å². The van der Waals surface area contributed by atoms with E-state index in [0.717, 1.165) is 6.42 Å². The van der Waals surface area contributed by atoms with Crippen LogP contribution in [-0.2, 0) is 21.5 Å². The van der Waals surface area contributed by atoms with Crippen LogP contribution in [0.2, 0.25) is 0 Å². The summed E-state index contributed by atoms with van der Waals surface area (Å²) in [6.45, 7) is 2.31. The standard InChI is InChI=1S/C16H15N.C4H4O4/c1-16-13-8-4-2-6-11(13)10-15(17-16)12-7-3-5-9-14(12)16;5-3(6)1-2-4(7)8/h2-9,15,17H,10H2,1H3;1-2H,(H,5,6)(H,7,8)/p-2/b;2-1-/t15?,16-;/m0./s1. The van der Waals surface area contributed by atoms with Crippen molar-refractivity contribution in [3.8, 4) is 0 Å². The topological polar surface area (TPSA) is 92.3 Å². The highest BCUT2D eigenvalue weighted by molar-refractivity contribution is 5.87. The molecule has 2 aromatic carbocycles. The third-order valence-electron chi connectivity index (χ3n) is 4.67. The number of hydrogen-bond donors (Lipinski definition) is 1. The highest BCUT2D eigenvalue weighted by Gasteiger charge is 2.45. The SMILES string of the molecule is C[C@]12NC(Cc3ccccc31)c1ccccc12.O=C([O-])/C=C\C(=O)[O-]. The lowest BCUT2D eigenvalue weighted by Crippen LogP contribution is -2.41. The molecule has 2 atom stereocenters. The molecule has 25 heavy (non-hydrogen) atoms. The van der Waals surface area contributed by atoms with Gasteiger partial charge >= 0.3 is 0 Å². The number of benzene rings is 2. The number of aliphatic carboxylic acids is 2. The van der Waals surface area contributed by atoms with Crippen LogP contribution in [0.25, 0.3) is 0 Å². The maximum Gasteiger partial charge on any atom is 0.0672 e. The Balaban J connectivity index is 0.000000197. The van der Waals surface area contributed by atoms with Crippen molar-refractivity contribution in [2.75, 3.05) is 0 Å². The molecule has 5 nitrogen and oxygen atoms in total. The second-order valence-electron chi connectivity index (χ2n) is 6.24. The molecule has 0 spiro atoms. The van der Waals surface area contributed by atoms with Crippen molar-refractivity contribution >= 4 is 11.9 Å². The van der Waals surface area contributed by atoms with E-state index < -0.39 is 11.9 Å². The van der Waals surface area contributed by atoms with E-state index in [1.807, 2.05) is 0 Å². The molecular formula is C20H17NO4-2. The molecule has 2 aromatic rings. The third kappa shape index (κ3) is 3.19. The fraction of sp³-hybridized carbons (Fsp3) is 0.200. The van der Waals surface area contributed by atoms with E-state index in [0.29, 0.717) is 18.2 Å². The molecule has 0 saturated heterocycles. The largest absolute Gasteiger partial charge is 0.545 e. The first-order valence-electron chi connectivity index (χ1n) is 7.97. The van der Waals surface area contributed by atoms with Gasteiger partial charge in [-0.1, -0.05) is 48.5 Å². The zero-order valence-electron chi connectivity index (χ0n) is 13.7. The van der Waals surface area contributed by atoms with Crippen LogP contribution >= 0.6 is 0 Å². The molecule has 0 radical (unpaired) electrons. The van der Waals surface area contributed by atoms with Crippen molar-refractivity contribution in [2.24, 2.45) is 0 Å². The van der Waals surface area contributed by atoms with Crippen molar-refractivity contribution in [2.45, 2.75) is 24.9 Å². The van der Waals surface area contributed by atoms with Gasteiger partial charge in [0.1, 0.15) is 0 Å². The summed E-state index contributed by atoms with van der Waals surface area (Å²) in [7, 11) is 0. The second kappa shape index (κ2) is 6.53. The average Bonchev–Trinajstić information content (AvgIpc) is 2.83. The summed E-state index contributed by atoms with van der Waals surface area (Å²) < 4.78 is 0. The molecule has 2 bridgehead atoms. The fourth-order valence-electron chi connectivity index (χ4n) is 3.69. The molecule has 1 unspecified atom stereocenters. The summed E-state index contributed by atoms with van der Waals surface area (Å²) in [5, 5.41) is 22.6. The molecule has 5 heteroatoms. The van der Waals surface area contributed by atoms with Crippen molar-refractivity contribution < 1.29 is 19.8 Å². The van der Waals surface area contributed by atoms with Crippen LogP contribution in [0.3, 0.4) is 0 Å². The predicted octanol–water partition coefficient (Wildman–Crippen LogP) is 0.193.